The van der Waals surface area contributed by atoms with E-state index in [4.69, 9.17) is 27.5 Å². The highest BCUT2D eigenvalue weighted by molar-refractivity contribution is 6.64. The molecule has 120 heavy (non-hydrogen) atoms. The molecule has 0 spiro atoms. The zero-order valence-corrected chi connectivity index (χ0v) is 66.8. The lowest BCUT2D eigenvalue weighted by atomic mass is 10.0. The van der Waals surface area contributed by atoms with Crippen molar-refractivity contribution in [1.29, 1.82) is 0 Å². The number of hydrazone groups is 3. The second-order valence-corrected chi connectivity index (χ2v) is 28.3. The van der Waals surface area contributed by atoms with Crippen molar-refractivity contribution in [3.05, 3.63) is 176 Å². The third kappa shape index (κ3) is 23.3. The van der Waals surface area contributed by atoms with E-state index in [1.165, 1.54) is 18.5 Å². The van der Waals surface area contributed by atoms with Gasteiger partial charge in [-0.25, -0.2) is 19.2 Å². The minimum Gasteiger partial charge on any atom is -0.463 e. The van der Waals surface area contributed by atoms with Crippen molar-refractivity contribution in [3.63, 3.8) is 0 Å². The zero-order valence-electron chi connectivity index (χ0n) is 65.3. The molecule has 4 atom stereocenters. The summed E-state index contributed by atoms with van der Waals surface area (Å²) in [6, 6.07) is 19.9. The van der Waals surface area contributed by atoms with Gasteiger partial charge in [0.05, 0.1) is 75.5 Å². The molecule has 4 aromatic carbocycles. The van der Waals surface area contributed by atoms with Crippen LogP contribution in [0.2, 0.25) is 0 Å². The van der Waals surface area contributed by atoms with E-state index in [9.17, 15) is 95.9 Å². The number of imide groups is 7. The standard InChI is InChI=1S/C18H17N3O5.C16H16N4O4.C14H13N3O4.C11H10N2O3.C7H10N2O.C5H8N2O2.C4H5ClO.C4H2O3.ClH/c22-13-7-6-12(16(24)20-13)21-17(25)11-3-1-2-10(14(11)18(21)26)8-19-15(23)9-4-5-9;1-19(2)17-8-9-4-3-5-10-13(9)16(24)20(15(10)23)11-6-7-12(21)18-14(11)22;15-6-7-2-1-3-8-11(7)14(21)17(13(8)20)9-4-5-10(18)16-12(9)19;1-13(2)12-6-7-4-3-5-8-9(7)11(15)16-10(8)14;1-9(2)8-6-7-4-3-5-10-7;6-3-1-2-4(8)7-5(3)9;5-4(6)3-1-2-3;5-3-1-2-4(6)7-3;/h1-3,9,12H,4-8H2,(H,19,23)(H,20,22,24);3-5,8,11H,6-7H2,1-2H3,(H,18,21,22);1-3,9H,4-6,15H2,(H,16,18,19);3-6H,1-2H3;3-6H,1-2H3;3H,1-2,6H2,(H,7,8,9);3H,1-2H2;1-2H;1H/b;17-8+;;12-6+;8-6+;;;;. The molecule has 2 saturated carbocycles. The number of piperidine rings is 4. The highest BCUT2D eigenvalue weighted by atomic mass is 35.5. The fourth-order valence-electron chi connectivity index (χ4n) is 12.3. The number of furan rings is 1. The first-order chi connectivity index (χ1) is 56.6. The Bertz CT molecular complexity index is 5110. The molecule has 4 saturated heterocycles. The van der Waals surface area contributed by atoms with Crippen molar-refractivity contribution >= 4 is 160 Å². The molecule has 39 nitrogen and oxygen atoms in total. The van der Waals surface area contributed by atoms with Gasteiger partial charge in [0.1, 0.15) is 23.9 Å². The Morgan fingerprint density at radius 1 is 0.458 bits per heavy atom. The van der Waals surface area contributed by atoms with Gasteiger partial charge in [-0.1, -0.05) is 48.5 Å². The van der Waals surface area contributed by atoms with E-state index in [-0.39, 0.29) is 138 Å². The fraction of sp³-hybridized carbons (Fsp3) is 0.329. The van der Waals surface area contributed by atoms with Crippen LogP contribution in [0.4, 0.5) is 0 Å². The third-order valence-electron chi connectivity index (χ3n) is 18.5. The second-order valence-electron chi connectivity index (χ2n) is 27.9. The van der Waals surface area contributed by atoms with Gasteiger partial charge in [0.2, 0.25) is 58.4 Å². The van der Waals surface area contributed by atoms with Crippen LogP contribution in [0.5, 0.6) is 0 Å². The van der Waals surface area contributed by atoms with Crippen molar-refractivity contribution in [2.75, 3.05) is 42.3 Å². The minimum absolute atomic E-state index is 0. The molecule has 0 bridgehead atoms. The number of rotatable bonds is 14. The summed E-state index contributed by atoms with van der Waals surface area (Å²) in [7, 11) is 10.7. The Hall–Kier alpha value is -13.8. The molecule has 10 heterocycles. The normalized spacial score (nSPS) is 19.7. The van der Waals surface area contributed by atoms with Crippen molar-refractivity contribution in [2.45, 2.75) is 114 Å². The monoisotopic (exact) mass is 1690 g/mol. The summed E-state index contributed by atoms with van der Waals surface area (Å²) in [5.41, 5.74) is 15.1. The molecular formula is C79H82Cl2N16O23. The molecule has 4 unspecified atom stereocenters. The van der Waals surface area contributed by atoms with Crippen LogP contribution in [-0.2, 0) is 80.1 Å². The SMILES string of the molecule is CN(C)/N=C/c1cccc2c1C(=O)N(C1CCC(=O)NC1=O)C2=O.CN(C)/N=C/c1cccc2c1C(=O)OC2=O.CN(C)/N=C/c1ccco1.Cl.NC1CCC(=O)NC1=O.NCc1cccc2c1C(=O)N(C1CCC(=O)NC1=O)C2=O.O=C(Cl)C1CC1.O=C1C=CC(=O)O1.O=C1CCC(N2C(=O)c3cccc(CNC(=O)C4CC4)c3C2=O)C(=O)N1. The molecule has 41 heteroatoms. The molecule has 2 aliphatic carbocycles. The Morgan fingerprint density at radius 2 is 0.850 bits per heavy atom. The number of carbonyl (C=O) groups is 20. The molecule has 6 fully saturated rings. The first-order valence-electron chi connectivity index (χ1n) is 36.9. The summed E-state index contributed by atoms with van der Waals surface area (Å²) < 4.78 is 13.5. The van der Waals surface area contributed by atoms with Crippen LogP contribution in [0, 0.1) is 11.8 Å². The highest BCUT2D eigenvalue weighted by Crippen LogP contribution is 2.35. The largest absolute Gasteiger partial charge is 0.463 e. The number of fused-ring (bicyclic) bond motifs is 4. The highest BCUT2D eigenvalue weighted by Gasteiger charge is 2.49. The van der Waals surface area contributed by atoms with Gasteiger partial charge in [0.25, 0.3) is 35.4 Å². The summed E-state index contributed by atoms with van der Waals surface area (Å²) in [5, 5.41) is 28.2. The number of ether oxygens (including phenoxy) is 2. The number of nitrogens with one attached hydrogen (secondary N) is 5. The summed E-state index contributed by atoms with van der Waals surface area (Å²) in [4.78, 5) is 234. The van der Waals surface area contributed by atoms with Crippen LogP contribution >= 0.6 is 24.0 Å². The summed E-state index contributed by atoms with van der Waals surface area (Å²) in [6.07, 6.45) is 13.8. The predicted octanol–water partition coefficient (Wildman–Crippen LogP) is 1.67. The number of halogens is 2. The lowest BCUT2D eigenvalue weighted by molar-refractivity contribution is -0.150. The van der Waals surface area contributed by atoms with Crippen LogP contribution in [0.25, 0.3) is 0 Å². The number of nitrogens with zero attached hydrogens (tertiary/aromatic N) is 9. The van der Waals surface area contributed by atoms with Gasteiger partial charge in [0, 0.05) is 116 Å². The maximum Gasteiger partial charge on any atom is 0.347 e. The molecule has 5 aromatic rings. The summed E-state index contributed by atoms with van der Waals surface area (Å²) in [6.45, 7) is 0.284. The molecule has 11 aliphatic rings. The maximum absolute atomic E-state index is 12.9. The average Bonchev–Trinajstić information content (AvgIpc) is 1.61. The van der Waals surface area contributed by atoms with Crippen LogP contribution in [0.3, 0.4) is 0 Å². The quantitative estimate of drug-likeness (QED) is 0.0208. The number of esters is 4. The molecule has 9 aliphatic heterocycles. The molecule has 0 radical (unpaired) electrons. The molecular weight excluding hydrogens is 1610 g/mol. The predicted molar refractivity (Wildman–Crippen MR) is 422 cm³/mol. The van der Waals surface area contributed by atoms with Crippen molar-refractivity contribution in [2.24, 2.45) is 38.6 Å². The van der Waals surface area contributed by atoms with E-state index in [1.807, 2.05) is 26.2 Å². The number of hydrogen-bond donors (Lipinski definition) is 7. The Morgan fingerprint density at radius 3 is 1.23 bits per heavy atom. The van der Waals surface area contributed by atoms with E-state index in [0.29, 0.717) is 40.7 Å². The van der Waals surface area contributed by atoms with Gasteiger partial charge in [-0.15, -0.1) is 12.4 Å². The number of carbonyl (C=O) groups excluding carboxylic acids is 20. The molecule has 16 rings (SSSR count). The average molecular weight is 1690 g/mol. The molecule has 15 amide bonds. The van der Waals surface area contributed by atoms with E-state index < -0.39 is 119 Å². The van der Waals surface area contributed by atoms with E-state index >= 15 is 0 Å². The second kappa shape index (κ2) is 41.4. The lowest BCUT2D eigenvalue weighted by Crippen LogP contribution is -2.54. The zero-order chi connectivity index (χ0) is 86.8. The van der Waals surface area contributed by atoms with Gasteiger partial charge in [0.15, 0.2) is 0 Å². The van der Waals surface area contributed by atoms with Crippen LogP contribution in [0.1, 0.15) is 188 Å². The smallest absolute Gasteiger partial charge is 0.347 e. The third-order valence-corrected chi connectivity index (χ3v) is 18.8. The van der Waals surface area contributed by atoms with Crippen LogP contribution in [-0.4, -0.2) is 233 Å². The van der Waals surface area contributed by atoms with E-state index in [1.54, 1.807) is 122 Å². The topological polar surface area (TPSA) is 542 Å². The molecule has 9 N–H and O–H groups in total. The summed E-state index contributed by atoms with van der Waals surface area (Å²) in [5.74, 6) is -8.23. The van der Waals surface area contributed by atoms with Crippen molar-refractivity contribution in [3.8, 4) is 0 Å². The number of hydrogen-bond acceptors (Lipinski definition) is 31. The van der Waals surface area contributed by atoms with E-state index in [2.05, 4.69) is 51.4 Å². The lowest BCUT2D eigenvalue weighted by Gasteiger charge is -2.27. The number of benzene rings is 4. The Labute approximate surface area is 694 Å². The van der Waals surface area contributed by atoms with Gasteiger partial charge >= 0.3 is 23.9 Å². The first kappa shape index (κ1) is 91.7. The number of nitrogens with two attached hydrogens (primary N) is 2. The first-order valence-corrected chi connectivity index (χ1v) is 37.3. The number of amides is 15. The summed E-state index contributed by atoms with van der Waals surface area (Å²) >= 11 is 5.04. The van der Waals surface area contributed by atoms with E-state index in [0.717, 1.165) is 58.3 Å². The van der Waals surface area contributed by atoms with Crippen molar-refractivity contribution < 1.29 is 110 Å². The Kier molecular flexibility index (Phi) is 31.6. The van der Waals surface area contributed by atoms with Crippen LogP contribution in [0.15, 0.2) is 123 Å². The molecule has 630 valence electrons. The number of cyclic esters (lactones) is 4. The molecule has 1 aromatic heterocycles. The van der Waals surface area contributed by atoms with Gasteiger partial charge in [-0.3, -0.25) is 113 Å². The van der Waals surface area contributed by atoms with Gasteiger partial charge in [-0.05, 0) is 110 Å². The maximum atomic E-state index is 12.9. The van der Waals surface area contributed by atoms with Crippen molar-refractivity contribution in [1.82, 2.24) is 56.3 Å². The minimum atomic E-state index is -0.992. The Balaban J connectivity index is 0.000000178. The van der Waals surface area contributed by atoms with Gasteiger partial charge < -0.3 is 45.7 Å². The van der Waals surface area contributed by atoms with Gasteiger partial charge in [-0.2, -0.15) is 15.3 Å². The fourth-order valence-corrected chi connectivity index (χ4v) is 12.5. The van der Waals surface area contributed by atoms with Crippen LogP contribution < -0.4 is 38.1 Å².